The van der Waals surface area contributed by atoms with Crippen molar-refractivity contribution in [1.29, 1.82) is 0 Å². The smallest absolute Gasteiger partial charge is 0.272 e. The largest absolute Gasteiger partial charge is 0.490 e. The van der Waals surface area contributed by atoms with Gasteiger partial charge in [-0.25, -0.2) is 4.98 Å². The van der Waals surface area contributed by atoms with Crippen molar-refractivity contribution in [3.63, 3.8) is 0 Å². The topological polar surface area (TPSA) is 51.8 Å². The molecule has 1 saturated heterocycles. The van der Waals surface area contributed by atoms with Crippen LogP contribution in [0.2, 0.25) is 0 Å². The van der Waals surface area contributed by atoms with Crippen LogP contribution in [0.1, 0.15) is 29.0 Å². The van der Waals surface area contributed by atoms with Crippen LogP contribution < -0.4 is 4.74 Å². The second kappa shape index (κ2) is 6.95. The van der Waals surface area contributed by atoms with Crippen molar-refractivity contribution in [2.45, 2.75) is 25.9 Å². The van der Waals surface area contributed by atoms with E-state index in [1.165, 1.54) is 0 Å². The number of benzene rings is 1. The van der Waals surface area contributed by atoms with Crippen LogP contribution in [0.15, 0.2) is 54.9 Å². The van der Waals surface area contributed by atoms with Crippen LogP contribution in [-0.2, 0) is 7.05 Å². The summed E-state index contributed by atoms with van der Waals surface area (Å²) in [5.41, 5.74) is 3.41. The molecular formula is C23H24N4O2. The van der Waals surface area contributed by atoms with Gasteiger partial charge >= 0.3 is 0 Å². The highest BCUT2D eigenvalue weighted by atomic mass is 16.5. The van der Waals surface area contributed by atoms with E-state index < -0.39 is 0 Å². The number of hydrogen-bond donors (Lipinski definition) is 0. The van der Waals surface area contributed by atoms with Crippen LogP contribution in [0.5, 0.6) is 5.75 Å². The van der Waals surface area contributed by atoms with Crippen LogP contribution in [0, 0.1) is 6.92 Å². The second-order valence-corrected chi connectivity index (χ2v) is 7.70. The molecule has 1 aliphatic heterocycles. The molecule has 3 aromatic heterocycles. The Morgan fingerprint density at radius 2 is 1.90 bits per heavy atom. The fraction of sp³-hybridized carbons (Fsp3) is 0.304. The minimum atomic E-state index is 0.0461. The molecule has 0 atom stereocenters. The molecule has 5 rings (SSSR count). The predicted molar refractivity (Wildman–Crippen MR) is 112 cm³/mol. The minimum Gasteiger partial charge on any atom is -0.490 e. The van der Waals surface area contributed by atoms with Gasteiger partial charge in [-0.15, -0.1) is 0 Å². The Labute approximate surface area is 169 Å². The highest BCUT2D eigenvalue weighted by Crippen LogP contribution is 2.29. The molecule has 0 aliphatic carbocycles. The standard InChI is InChI=1S/C23H24N4O2/c1-16-22(27-12-4-3-8-21(27)24-16)23(28)26-14-9-17(10-15-26)29-20-7-5-6-19-18(20)11-13-25(19)2/h3-8,11-13,17H,9-10,14-15H2,1-2H3. The van der Waals surface area contributed by atoms with Gasteiger partial charge in [0.1, 0.15) is 23.2 Å². The lowest BCUT2D eigenvalue weighted by molar-refractivity contribution is 0.0591. The van der Waals surface area contributed by atoms with E-state index in [4.69, 9.17) is 4.74 Å². The molecule has 1 aliphatic rings. The summed E-state index contributed by atoms with van der Waals surface area (Å²) in [5, 5.41) is 1.13. The lowest BCUT2D eigenvalue weighted by Crippen LogP contribution is -2.42. The van der Waals surface area contributed by atoms with Crippen molar-refractivity contribution < 1.29 is 9.53 Å². The number of piperidine rings is 1. The highest BCUT2D eigenvalue weighted by molar-refractivity contribution is 5.94. The molecule has 6 heteroatoms. The van der Waals surface area contributed by atoms with Gasteiger partial charge in [0, 0.05) is 50.8 Å². The number of amides is 1. The number of aryl methyl sites for hydroxylation is 2. The van der Waals surface area contributed by atoms with E-state index in [1.807, 2.05) is 59.8 Å². The van der Waals surface area contributed by atoms with Crippen LogP contribution in [-0.4, -0.2) is 44.0 Å². The average molecular weight is 388 g/mol. The van der Waals surface area contributed by atoms with Gasteiger partial charge in [-0.05, 0) is 37.3 Å². The summed E-state index contributed by atoms with van der Waals surface area (Å²) in [7, 11) is 2.04. The summed E-state index contributed by atoms with van der Waals surface area (Å²) >= 11 is 0. The van der Waals surface area contributed by atoms with Crippen molar-refractivity contribution >= 4 is 22.5 Å². The minimum absolute atomic E-state index is 0.0461. The number of nitrogens with zero attached hydrogens (tertiary/aromatic N) is 4. The van der Waals surface area contributed by atoms with E-state index in [1.54, 1.807) is 0 Å². The Hall–Kier alpha value is -3.28. The first-order valence-corrected chi connectivity index (χ1v) is 10.1. The van der Waals surface area contributed by atoms with Crippen LogP contribution in [0.3, 0.4) is 0 Å². The van der Waals surface area contributed by atoms with Crippen LogP contribution in [0.25, 0.3) is 16.6 Å². The molecule has 0 N–H and O–H groups in total. The molecule has 0 saturated carbocycles. The maximum absolute atomic E-state index is 13.2. The molecule has 6 nitrogen and oxygen atoms in total. The van der Waals surface area contributed by atoms with E-state index in [2.05, 4.69) is 27.9 Å². The Balaban J connectivity index is 1.30. The maximum atomic E-state index is 13.2. The first kappa shape index (κ1) is 17.8. The normalized spacial score (nSPS) is 15.3. The predicted octanol–water partition coefficient (Wildman–Crippen LogP) is 3.82. The van der Waals surface area contributed by atoms with Crippen LogP contribution in [0.4, 0.5) is 0 Å². The van der Waals surface area contributed by atoms with Gasteiger partial charge in [0.25, 0.3) is 5.91 Å². The van der Waals surface area contributed by atoms with Crippen molar-refractivity contribution in [3.8, 4) is 5.75 Å². The van der Waals surface area contributed by atoms with E-state index in [0.717, 1.165) is 40.8 Å². The summed E-state index contributed by atoms with van der Waals surface area (Å²) in [4.78, 5) is 19.6. The highest BCUT2D eigenvalue weighted by Gasteiger charge is 2.28. The number of rotatable bonds is 3. The number of pyridine rings is 1. The summed E-state index contributed by atoms with van der Waals surface area (Å²) in [6.45, 7) is 3.28. The second-order valence-electron chi connectivity index (χ2n) is 7.70. The zero-order valence-electron chi connectivity index (χ0n) is 16.7. The molecule has 29 heavy (non-hydrogen) atoms. The molecule has 4 heterocycles. The Morgan fingerprint density at radius 3 is 2.72 bits per heavy atom. The molecule has 1 aromatic carbocycles. The van der Waals surface area contributed by atoms with Crippen molar-refractivity contribution in [3.05, 3.63) is 66.2 Å². The first-order chi connectivity index (χ1) is 14.1. The number of imidazole rings is 1. The monoisotopic (exact) mass is 388 g/mol. The summed E-state index contributed by atoms with van der Waals surface area (Å²) < 4.78 is 10.3. The number of fused-ring (bicyclic) bond motifs is 2. The summed E-state index contributed by atoms with van der Waals surface area (Å²) in [6, 6.07) is 14.0. The molecule has 4 aromatic rings. The van der Waals surface area contributed by atoms with Gasteiger partial charge in [-0.2, -0.15) is 0 Å². The molecule has 0 unspecified atom stereocenters. The van der Waals surface area contributed by atoms with Gasteiger partial charge < -0.3 is 14.2 Å². The van der Waals surface area contributed by atoms with Crippen molar-refractivity contribution in [2.24, 2.45) is 7.05 Å². The van der Waals surface area contributed by atoms with E-state index in [9.17, 15) is 4.79 Å². The van der Waals surface area contributed by atoms with Crippen molar-refractivity contribution in [2.75, 3.05) is 13.1 Å². The fourth-order valence-electron chi connectivity index (χ4n) is 4.25. The van der Waals surface area contributed by atoms with Gasteiger partial charge in [0.2, 0.25) is 0 Å². The molecule has 0 radical (unpaired) electrons. The van der Waals surface area contributed by atoms with E-state index in [0.29, 0.717) is 18.8 Å². The van der Waals surface area contributed by atoms with Crippen molar-refractivity contribution in [1.82, 2.24) is 18.9 Å². The SMILES string of the molecule is Cc1nc2ccccn2c1C(=O)N1CCC(Oc2cccc3c2ccn3C)CC1. The number of carbonyl (C=O) groups is 1. The Morgan fingerprint density at radius 1 is 1.07 bits per heavy atom. The zero-order valence-corrected chi connectivity index (χ0v) is 16.7. The quantitative estimate of drug-likeness (QED) is 0.536. The molecule has 1 amide bonds. The number of carbonyl (C=O) groups excluding carboxylic acids is 1. The summed E-state index contributed by atoms with van der Waals surface area (Å²) in [5.74, 6) is 0.968. The Kier molecular flexibility index (Phi) is 4.27. The van der Waals surface area contributed by atoms with E-state index >= 15 is 0 Å². The lowest BCUT2D eigenvalue weighted by atomic mass is 10.1. The number of hydrogen-bond acceptors (Lipinski definition) is 3. The maximum Gasteiger partial charge on any atom is 0.272 e. The molecule has 148 valence electrons. The molecule has 1 fully saturated rings. The van der Waals surface area contributed by atoms with Gasteiger partial charge in [0.15, 0.2) is 0 Å². The first-order valence-electron chi connectivity index (χ1n) is 10.1. The van der Waals surface area contributed by atoms with Gasteiger partial charge in [0.05, 0.1) is 11.2 Å². The molecule has 0 bridgehead atoms. The molecule has 0 spiro atoms. The Bertz CT molecular complexity index is 1200. The summed E-state index contributed by atoms with van der Waals surface area (Å²) in [6.07, 6.45) is 5.72. The average Bonchev–Trinajstić information content (AvgIpc) is 3.28. The number of aromatic nitrogens is 3. The fourth-order valence-corrected chi connectivity index (χ4v) is 4.25. The third-order valence-corrected chi connectivity index (χ3v) is 5.82. The van der Waals surface area contributed by atoms with Gasteiger partial charge in [-0.1, -0.05) is 12.1 Å². The molecular weight excluding hydrogens is 364 g/mol. The van der Waals surface area contributed by atoms with E-state index in [-0.39, 0.29) is 12.0 Å². The number of ether oxygens (including phenoxy) is 1. The lowest BCUT2D eigenvalue weighted by Gasteiger charge is -2.32. The third-order valence-electron chi connectivity index (χ3n) is 5.82. The van der Waals surface area contributed by atoms with Crippen LogP contribution >= 0.6 is 0 Å². The third kappa shape index (κ3) is 3.05. The number of likely N-dealkylation sites (tertiary alicyclic amines) is 1. The van der Waals surface area contributed by atoms with Gasteiger partial charge in [-0.3, -0.25) is 9.20 Å². The zero-order chi connectivity index (χ0) is 20.0.